The Morgan fingerprint density at radius 3 is 2.54 bits per heavy atom. The zero-order valence-corrected chi connectivity index (χ0v) is 16.5. The Bertz CT molecular complexity index is 524. The number of piperidine rings is 1. The number of hydrogen-bond acceptors (Lipinski definition) is 3. The third-order valence-electron chi connectivity index (χ3n) is 3.97. The molecule has 1 saturated heterocycles. The number of likely N-dealkylation sites (tertiary alicyclic amines) is 1. The lowest BCUT2D eigenvalue weighted by Gasteiger charge is -2.34. The van der Waals surface area contributed by atoms with Crippen LogP contribution in [0.1, 0.15) is 44.7 Å². The van der Waals surface area contributed by atoms with Gasteiger partial charge in [0.05, 0.1) is 13.2 Å². The van der Waals surface area contributed by atoms with Gasteiger partial charge in [-0.05, 0) is 44.7 Å². The van der Waals surface area contributed by atoms with E-state index >= 15 is 0 Å². The smallest absolute Gasteiger partial charge is 0.410 e. The summed E-state index contributed by atoms with van der Waals surface area (Å²) in [6.45, 7) is 8.49. The first kappa shape index (κ1) is 19.3. The van der Waals surface area contributed by atoms with Crippen molar-refractivity contribution < 1.29 is 14.3 Å². The molecule has 1 amide bonds. The topological polar surface area (TPSA) is 38.8 Å². The zero-order chi connectivity index (χ0) is 17.6. The van der Waals surface area contributed by atoms with Gasteiger partial charge in [0.2, 0.25) is 0 Å². The SMILES string of the molecule is CC(C)(C)OC(=O)N1CCC[C@H](COCc2ccc(CBr)cc2)C1. The number of halogens is 1. The Hall–Kier alpha value is -1.07. The molecule has 1 atom stereocenters. The highest BCUT2D eigenvalue weighted by molar-refractivity contribution is 9.08. The fourth-order valence-electron chi connectivity index (χ4n) is 2.76. The van der Waals surface area contributed by atoms with E-state index in [0.717, 1.165) is 31.3 Å². The third kappa shape index (κ3) is 6.44. The number of rotatable bonds is 5. The second kappa shape index (κ2) is 8.86. The van der Waals surface area contributed by atoms with E-state index in [9.17, 15) is 4.79 Å². The van der Waals surface area contributed by atoms with Gasteiger partial charge in [0.25, 0.3) is 0 Å². The van der Waals surface area contributed by atoms with Crippen LogP contribution in [0.3, 0.4) is 0 Å². The van der Waals surface area contributed by atoms with Gasteiger partial charge in [0.15, 0.2) is 0 Å². The largest absolute Gasteiger partial charge is 0.444 e. The molecule has 5 heteroatoms. The van der Waals surface area contributed by atoms with E-state index in [0.29, 0.717) is 19.1 Å². The molecular formula is C19H28BrNO3. The molecule has 0 spiro atoms. The minimum Gasteiger partial charge on any atom is -0.444 e. The molecule has 24 heavy (non-hydrogen) atoms. The van der Waals surface area contributed by atoms with Crippen molar-refractivity contribution in [2.45, 2.75) is 51.2 Å². The molecule has 0 radical (unpaired) electrons. The number of alkyl halides is 1. The lowest BCUT2D eigenvalue weighted by Crippen LogP contribution is -2.43. The molecule has 0 aromatic heterocycles. The minimum absolute atomic E-state index is 0.211. The number of benzene rings is 1. The summed E-state index contributed by atoms with van der Waals surface area (Å²) in [5.74, 6) is 0.382. The van der Waals surface area contributed by atoms with Crippen molar-refractivity contribution in [3.05, 3.63) is 35.4 Å². The molecule has 0 saturated carbocycles. The summed E-state index contributed by atoms with van der Waals surface area (Å²) < 4.78 is 11.3. The van der Waals surface area contributed by atoms with Crippen LogP contribution < -0.4 is 0 Å². The van der Waals surface area contributed by atoms with Crippen LogP contribution in [0, 0.1) is 5.92 Å². The minimum atomic E-state index is -0.443. The highest BCUT2D eigenvalue weighted by Gasteiger charge is 2.27. The first-order valence-electron chi connectivity index (χ1n) is 8.57. The maximum absolute atomic E-state index is 12.2. The lowest BCUT2D eigenvalue weighted by atomic mass is 9.99. The van der Waals surface area contributed by atoms with Crippen molar-refractivity contribution in [1.82, 2.24) is 4.90 Å². The molecule has 0 unspecified atom stereocenters. The molecule has 0 bridgehead atoms. The van der Waals surface area contributed by atoms with Crippen LogP contribution in [-0.4, -0.2) is 36.3 Å². The Labute approximate surface area is 153 Å². The van der Waals surface area contributed by atoms with E-state index in [-0.39, 0.29) is 6.09 Å². The average molecular weight is 398 g/mol. The Kier molecular flexibility index (Phi) is 7.11. The molecule has 0 N–H and O–H groups in total. The van der Waals surface area contributed by atoms with Gasteiger partial charge in [-0.25, -0.2) is 4.79 Å². The Balaban J connectivity index is 1.75. The van der Waals surface area contributed by atoms with Gasteiger partial charge in [-0.1, -0.05) is 40.2 Å². The number of hydrogen-bond donors (Lipinski definition) is 0. The highest BCUT2D eigenvalue weighted by Crippen LogP contribution is 2.20. The monoisotopic (exact) mass is 397 g/mol. The highest BCUT2D eigenvalue weighted by atomic mass is 79.9. The van der Waals surface area contributed by atoms with Crippen LogP contribution in [0.15, 0.2) is 24.3 Å². The molecule has 1 aromatic carbocycles. The van der Waals surface area contributed by atoms with Crippen molar-refractivity contribution in [2.24, 2.45) is 5.92 Å². The van der Waals surface area contributed by atoms with Gasteiger partial charge in [-0.3, -0.25) is 0 Å². The van der Waals surface area contributed by atoms with E-state index in [1.54, 1.807) is 0 Å². The number of carbonyl (C=O) groups excluding carboxylic acids is 1. The van der Waals surface area contributed by atoms with Crippen LogP contribution in [0.2, 0.25) is 0 Å². The molecule has 134 valence electrons. The maximum atomic E-state index is 12.2. The normalized spacial score (nSPS) is 18.5. The number of nitrogens with zero attached hydrogens (tertiary/aromatic N) is 1. The fourth-order valence-corrected chi connectivity index (χ4v) is 3.14. The average Bonchev–Trinajstić information content (AvgIpc) is 2.54. The van der Waals surface area contributed by atoms with Crippen molar-refractivity contribution in [2.75, 3.05) is 19.7 Å². The van der Waals surface area contributed by atoms with Crippen molar-refractivity contribution in [3.8, 4) is 0 Å². The predicted molar refractivity (Wildman–Crippen MR) is 99.3 cm³/mol. The van der Waals surface area contributed by atoms with Gasteiger partial charge in [-0.15, -0.1) is 0 Å². The summed E-state index contributed by atoms with van der Waals surface area (Å²) in [5, 5.41) is 0.872. The van der Waals surface area contributed by atoms with Gasteiger partial charge in [0, 0.05) is 24.3 Å². The van der Waals surface area contributed by atoms with E-state index in [1.165, 1.54) is 11.1 Å². The maximum Gasteiger partial charge on any atom is 0.410 e. The summed E-state index contributed by atoms with van der Waals surface area (Å²) in [7, 11) is 0. The molecule has 1 aliphatic rings. The summed E-state index contributed by atoms with van der Waals surface area (Å²) in [6.07, 6.45) is 1.90. The van der Waals surface area contributed by atoms with Gasteiger partial charge in [0.1, 0.15) is 5.60 Å². The second-order valence-electron chi connectivity index (χ2n) is 7.40. The van der Waals surface area contributed by atoms with Gasteiger partial charge < -0.3 is 14.4 Å². The van der Waals surface area contributed by atoms with E-state index in [1.807, 2.05) is 25.7 Å². The zero-order valence-electron chi connectivity index (χ0n) is 14.9. The van der Waals surface area contributed by atoms with Crippen molar-refractivity contribution >= 4 is 22.0 Å². The van der Waals surface area contributed by atoms with Crippen LogP contribution in [0.4, 0.5) is 4.79 Å². The number of amides is 1. The molecular weight excluding hydrogens is 370 g/mol. The van der Waals surface area contributed by atoms with E-state index in [4.69, 9.17) is 9.47 Å². The summed E-state index contributed by atoms with van der Waals surface area (Å²) in [4.78, 5) is 14.0. The first-order chi connectivity index (χ1) is 11.4. The number of carbonyl (C=O) groups is 1. The fraction of sp³-hybridized carbons (Fsp3) is 0.632. The third-order valence-corrected chi connectivity index (χ3v) is 4.62. The Morgan fingerprint density at radius 2 is 1.92 bits per heavy atom. The first-order valence-corrected chi connectivity index (χ1v) is 9.69. The molecule has 1 aromatic rings. The standard InChI is InChI=1S/C19H28BrNO3/c1-19(2,3)24-18(22)21-10-4-5-17(12-21)14-23-13-16-8-6-15(11-20)7-9-16/h6-9,17H,4-5,10-14H2,1-3H3/t17-/m0/s1. The molecule has 1 heterocycles. The molecule has 2 rings (SSSR count). The van der Waals surface area contributed by atoms with Crippen LogP contribution in [0.5, 0.6) is 0 Å². The Morgan fingerprint density at radius 1 is 1.25 bits per heavy atom. The quantitative estimate of drug-likeness (QED) is 0.673. The van der Waals surface area contributed by atoms with E-state index in [2.05, 4.69) is 40.2 Å². The van der Waals surface area contributed by atoms with Crippen LogP contribution >= 0.6 is 15.9 Å². The number of ether oxygens (including phenoxy) is 2. The molecule has 1 aliphatic heterocycles. The van der Waals surface area contributed by atoms with Gasteiger partial charge in [-0.2, -0.15) is 0 Å². The van der Waals surface area contributed by atoms with Gasteiger partial charge >= 0.3 is 6.09 Å². The summed E-state index contributed by atoms with van der Waals surface area (Å²) in [5.41, 5.74) is 2.00. The van der Waals surface area contributed by atoms with Crippen molar-refractivity contribution in [3.63, 3.8) is 0 Å². The van der Waals surface area contributed by atoms with E-state index < -0.39 is 5.60 Å². The lowest BCUT2D eigenvalue weighted by molar-refractivity contribution is 0.00593. The summed E-state index contributed by atoms with van der Waals surface area (Å²) in [6, 6.07) is 8.42. The molecule has 0 aliphatic carbocycles. The van der Waals surface area contributed by atoms with Crippen LogP contribution in [0.25, 0.3) is 0 Å². The molecule has 4 nitrogen and oxygen atoms in total. The van der Waals surface area contributed by atoms with Crippen LogP contribution in [-0.2, 0) is 21.4 Å². The molecule has 1 fully saturated rings. The summed E-state index contributed by atoms with van der Waals surface area (Å²) >= 11 is 3.45. The predicted octanol–water partition coefficient (Wildman–Crippen LogP) is 4.75. The van der Waals surface area contributed by atoms with Crippen molar-refractivity contribution in [1.29, 1.82) is 0 Å². The second-order valence-corrected chi connectivity index (χ2v) is 7.96.